The predicted molar refractivity (Wildman–Crippen MR) is 75.3 cm³/mol. The van der Waals surface area contributed by atoms with Gasteiger partial charge in [-0.15, -0.1) is 0 Å². The minimum atomic E-state index is 0.700. The normalized spacial score (nSPS) is 22.5. The monoisotopic (exact) mass is 261 g/mol. The van der Waals surface area contributed by atoms with Crippen molar-refractivity contribution in [3.8, 4) is 0 Å². The number of hydrogen-bond donors (Lipinski definition) is 0. The highest BCUT2D eigenvalue weighted by Gasteiger charge is 2.16. The van der Waals surface area contributed by atoms with Crippen LogP contribution in [-0.2, 0) is 16.0 Å². The molecule has 0 atom stereocenters. The largest absolute Gasteiger partial charge is 0.381 e. The third-order valence-electron chi connectivity index (χ3n) is 4.18. The highest BCUT2D eigenvalue weighted by Crippen LogP contribution is 2.27. The van der Waals surface area contributed by atoms with E-state index in [0.29, 0.717) is 5.92 Å². The lowest BCUT2D eigenvalue weighted by Gasteiger charge is -2.27. The maximum absolute atomic E-state index is 5.43. The second-order valence-corrected chi connectivity index (χ2v) is 5.52. The molecule has 2 heterocycles. The summed E-state index contributed by atoms with van der Waals surface area (Å²) in [6.45, 7) is 6.75. The summed E-state index contributed by atoms with van der Waals surface area (Å²) in [6.07, 6.45) is 2.34. The van der Waals surface area contributed by atoms with Gasteiger partial charge in [0.2, 0.25) is 0 Å². The topological polar surface area (TPSA) is 21.7 Å². The third-order valence-corrected chi connectivity index (χ3v) is 4.18. The molecule has 0 N–H and O–H groups in total. The first-order valence-corrected chi connectivity index (χ1v) is 7.38. The van der Waals surface area contributed by atoms with Gasteiger partial charge in [-0.2, -0.15) is 0 Å². The van der Waals surface area contributed by atoms with Crippen LogP contribution in [0.4, 0.5) is 0 Å². The van der Waals surface area contributed by atoms with Crippen LogP contribution in [0.25, 0.3) is 0 Å². The van der Waals surface area contributed by atoms with Crippen LogP contribution in [0.15, 0.2) is 24.3 Å². The van der Waals surface area contributed by atoms with Crippen LogP contribution in [-0.4, -0.2) is 44.4 Å². The van der Waals surface area contributed by atoms with Crippen molar-refractivity contribution in [1.82, 2.24) is 4.90 Å². The van der Waals surface area contributed by atoms with Crippen molar-refractivity contribution in [3.05, 3.63) is 35.4 Å². The van der Waals surface area contributed by atoms with Crippen LogP contribution in [0.2, 0.25) is 0 Å². The zero-order chi connectivity index (χ0) is 12.9. The van der Waals surface area contributed by atoms with Crippen molar-refractivity contribution in [3.63, 3.8) is 0 Å². The average Bonchev–Trinajstić information content (AvgIpc) is 2.50. The van der Waals surface area contributed by atoms with Crippen molar-refractivity contribution in [2.75, 3.05) is 39.5 Å². The Kier molecular flexibility index (Phi) is 4.49. The quantitative estimate of drug-likeness (QED) is 0.834. The van der Waals surface area contributed by atoms with E-state index in [1.54, 1.807) is 0 Å². The number of morpholine rings is 1. The Bertz CT molecular complexity index is 378. The highest BCUT2D eigenvalue weighted by molar-refractivity contribution is 5.25. The molecule has 0 amide bonds. The SMILES string of the molecule is c1cc(C2CCOCC2)ccc1CN1CCOCC1. The van der Waals surface area contributed by atoms with Crippen LogP contribution >= 0.6 is 0 Å². The third kappa shape index (κ3) is 3.56. The number of rotatable bonds is 3. The van der Waals surface area contributed by atoms with Crippen LogP contribution in [0.3, 0.4) is 0 Å². The molecule has 0 bridgehead atoms. The molecule has 0 radical (unpaired) electrons. The van der Waals surface area contributed by atoms with Gasteiger partial charge in [-0.1, -0.05) is 24.3 Å². The fraction of sp³-hybridized carbons (Fsp3) is 0.625. The Morgan fingerprint density at radius 1 is 0.895 bits per heavy atom. The van der Waals surface area contributed by atoms with Gasteiger partial charge in [-0.05, 0) is 29.9 Å². The molecule has 1 aromatic rings. The van der Waals surface area contributed by atoms with Crippen LogP contribution in [0.1, 0.15) is 29.9 Å². The summed E-state index contributed by atoms with van der Waals surface area (Å²) < 4.78 is 10.8. The van der Waals surface area contributed by atoms with Crippen LogP contribution in [0, 0.1) is 0 Å². The number of benzene rings is 1. The maximum atomic E-state index is 5.43. The molecular weight excluding hydrogens is 238 g/mol. The lowest BCUT2D eigenvalue weighted by Crippen LogP contribution is -2.35. The van der Waals surface area contributed by atoms with Crippen molar-refractivity contribution in [2.24, 2.45) is 0 Å². The Balaban J connectivity index is 1.58. The van der Waals surface area contributed by atoms with Crippen molar-refractivity contribution < 1.29 is 9.47 Å². The van der Waals surface area contributed by atoms with E-state index >= 15 is 0 Å². The first-order chi connectivity index (χ1) is 9.42. The summed E-state index contributed by atoms with van der Waals surface area (Å²) in [5.41, 5.74) is 2.90. The molecule has 104 valence electrons. The van der Waals surface area contributed by atoms with Gasteiger partial charge in [0, 0.05) is 32.8 Å². The molecule has 0 saturated carbocycles. The van der Waals surface area contributed by atoms with Gasteiger partial charge in [0.15, 0.2) is 0 Å². The van der Waals surface area contributed by atoms with E-state index in [1.165, 1.54) is 24.0 Å². The number of hydrogen-bond acceptors (Lipinski definition) is 3. The summed E-state index contributed by atoms with van der Waals surface area (Å²) in [7, 11) is 0. The Hall–Kier alpha value is -0.900. The molecule has 1 aromatic carbocycles. The smallest absolute Gasteiger partial charge is 0.0594 e. The van der Waals surface area contributed by atoms with E-state index in [0.717, 1.165) is 46.1 Å². The second-order valence-electron chi connectivity index (χ2n) is 5.52. The predicted octanol–water partition coefficient (Wildman–Crippen LogP) is 2.41. The minimum absolute atomic E-state index is 0.700. The van der Waals surface area contributed by atoms with Gasteiger partial charge in [0.1, 0.15) is 0 Å². The standard InChI is InChI=1S/C16H23NO2/c1-3-15(16-5-9-18-10-6-16)4-2-14(1)13-17-7-11-19-12-8-17/h1-4,16H,5-13H2. The molecule has 2 aliphatic heterocycles. The lowest BCUT2D eigenvalue weighted by molar-refractivity contribution is 0.0342. The van der Waals surface area contributed by atoms with E-state index in [1.807, 2.05) is 0 Å². The number of ether oxygens (including phenoxy) is 2. The molecule has 2 aliphatic rings. The summed E-state index contributed by atoms with van der Waals surface area (Å²) in [6, 6.07) is 9.21. The van der Waals surface area contributed by atoms with Gasteiger partial charge in [0.05, 0.1) is 13.2 Å². The zero-order valence-electron chi connectivity index (χ0n) is 11.5. The molecule has 0 aromatic heterocycles. The van der Waals surface area contributed by atoms with Crippen LogP contribution in [0.5, 0.6) is 0 Å². The summed E-state index contributed by atoms with van der Waals surface area (Å²) in [5, 5.41) is 0. The Morgan fingerprint density at radius 3 is 2.21 bits per heavy atom. The van der Waals surface area contributed by atoms with Crippen LogP contribution < -0.4 is 0 Å². The summed E-state index contributed by atoms with van der Waals surface area (Å²) in [4.78, 5) is 2.47. The molecule has 2 saturated heterocycles. The highest BCUT2D eigenvalue weighted by atomic mass is 16.5. The van der Waals surface area contributed by atoms with E-state index in [9.17, 15) is 0 Å². The molecular formula is C16H23NO2. The molecule has 0 aliphatic carbocycles. The molecule has 3 heteroatoms. The van der Waals surface area contributed by atoms with E-state index in [-0.39, 0.29) is 0 Å². The molecule has 19 heavy (non-hydrogen) atoms. The van der Waals surface area contributed by atoms with Crippen molar-refractivity contribution in [2.45, 2.75) is 25.3 Å². The average molecular weight is 261 g/mol. The summed E-state index contributed by atoms with van der Waals surface area (Å²) >= 11 is 0. The van der Waals surface area contributed by atoms with Gasteiger partial charge >= 0.3 is 0 Å². The summed E-state index contributed by atoms with van der Waals surface area (Å²) in [5.74, 6) is 0.700. The van der Waals surface area contributed by atoms with E-state index in [2.05, 4.69) is 29.2 Å². The fourth-order valence-electron chi connectivity index (χ4n) is 2.94. The number of nitrogens with zero attached hydrogens (tertiary/aromatic N) is 1. The Labute approximate surface area is 115 Å². The van der Waals surface area contributed by atoms with E-state index in [4.69, 9.17) is 9.47 Å². The Morgan fingerprint density at radius 2 is 1.53 bits per heavy atom. The van der Waals surface area contributed by atoms with Crippen molar-refractivity contribution in [1.29, 1.82) is 0 Å². The molecule has 0 spiro atoms. The first-order valence-electron chi connectivity index (χ1n) is 7.38. The van der Waals surface area contributed by atoms with Gasteiger partial charge < -0.3 is 9.47 Å². The van der Waals surface area contributed by atoms with E-state index < -0.39 is 0 Å². The first kappa shape index (κ1) is 13.1. The fourth-order valence-corrected chi connectivity index (χ4v) is 2.94. The van der Waals surface area contributed by atoms with Gasteiger partial charge in [-0.25, -0.2) is 0 Å². The zero-order valence-corrected chi connectivity index (χ0v) is 11.5. The lowest BCUT2D eigenvalue weighted by atomic mass is 9.91. The minimum Gasteiger partial charge on any atom is -0.381 e. The molecule has 3 nitrogen and oxygen atoms in total. The molecule has 3 rings (SSSR count). The molecule has 2 fully saturated rings. The van der Waals surface area contributed by atoms with Gasteiger partial charge in [0.25, 0.3) is 0 Å². The van der Waals surface area contributed by atoms with Crippen molar-refractivity contribution >= 4 is 0 Å². The van der Waals surface area contributed by atoms with Gasteiger partial charge in [-0.3, -0.25) is 4.90 Å². The molecule has 0 unspecified atom stereocenters. The second kappa shape index (κ2) is 6.51. The maximum Gasteiger partial charge on any atom is 0.0594 e.